The third kappa shape index (κ3) is 3.92. The zero-order valence-electron chi connectivity index (χ0n) is 16.1. The minimum Gasteiger partial charge on any atom is -0.315 e. The lowest BCUT2D eigenvalue weighted by molar-refractivity contribution is -0.385. The Morgan fingerprint density at radius 3 is 2.73 bits per heavy atom. The molecule has 1 aromatic carbocycles. The molecule has 12 heteroatoms. The molecule has 0 spiro atoms. The van der Waals surface area contributed by atoms with Crippen molar-refractivity contribution in [2.45, 2.75) is 6.54 Å². The highest BCUT2D eigenvalue weighted by Gasteiger charge is 2.15. The minimum atomic E-state index is -0.561. The van der Waals surface area contributed by atoms with E-state index in [1.165, 1.54) is 54.0 Å². The Labute approximate surface area is 168 Å². The van der Waals surface area contributed by atoms with Crippen molar-refractivity contribution in [2.75, 3.05) is 0 Å². The number of fused-ring (bicyclic) bond motifs is 1. The van der Waals surface area contributed by atoms with Crippen LogP contribution >= 0.6 is 0 Å². The van der Waals surface area contributed by atoms with E-state index in [-0.39, 0.29) is 23.4 Å². The number of aryl methyl sites for hydroxylation is 1. The Hall–Kier alpha value is -4.35. The fourth-order valence-corrected chi connectivity index (χ4v) is 2.80. The van der Waals surface area contributed by atoms with E-state index in [0.717, 1.165) is 4.57 Å². The van der Waals surface area contributed by atoms with Crippen LogP contribution < -0.4 is 16.7 Å². The molecule has 1 amide bonds. The Morgan fingerprint density at radius 2 is 2.00 bits per heavy atom. The Kier molecular flexibility index (Phi) is 5.67. The molecule has 3 rings (SSSR count). The van der Waals surface area contributed by atoms with E-state index in [1.54, 1.807) is 18.2 Å². The monoisotopic (exact) mass is 411 g/mol. The van der Waals surface area contributed by atoms with E-state index in [2.05, 4.69) is 15.5 Å². The standard InChI is InChI=1S/C18H17N7O5/c1-22-16-15(17(27)23(2)18(22)28)24(11-19-16)10-14(26)21-20-9-5-7-12-6-3-4-8-13(12)25(29)30/h3-9,11H,10H2,1-2H3,(H,21,26)/b7-5-,20-9?. The number of para-hydroxylation sites is 1. The van der Waals surface area contributed by atoms with Crippen LogP contribution in [0.2, 0.25) is 0 Å². The largest absolute Gasteiger partial charge is 0.332 e. The van der Waals surface area contributed by atoms with Crippen molar-refractivity contribution in [3.05, 3.63) is 73.2 Å². The van der Waals surface area contributed by atoms with Gasteiger partial charge in [-0.1, -0.05) is 12.1 Å². The maximum Gasteiger partial charge on any atom is 0.332 e. The molecule has 0 saturated carbocycles. The number of aromatic nitrogens is 4. The van der Waals surface area contributed by atoms with Crippen LogP contribution in [0.1, 0.15) is 5.56 Å². The van der Waals surface area contributed by atoms with Gasteiger partial charge in [0, 0.05) is 26.4 Å². The summed E-state index contributed by atoms with van der Waals surface area (Å²) in [7, 11) is 2.82. The Bertz CT molecular complexity index is 1310. The average Bonchev–Trinajstić information content (AvgIpc) is 3.14. The van der Waals surface area contributed by atoms with Gasteiger partial charge in [0.15, 0.2) is 11.2 Å². The lowest BCUT2D eigenvalue weighted by Gasteiger charge is -2.05. The summed E-state index contributed by atoms with van der Waals surface area (Å²) in [5.41, 5.74) is 1.85. The first-order valence-electron chi connectivity index (χ1n) is 8.64. The van der Waals surface area contributed by atoms with Crippen LogP contribution in [-0.2, 0) is 25.4 Å². The van der Waals surface area contributed by atoms with Gasteiger partial charge < -0.3 is 4.57 Å². The lowest BCUT2D eigenvalue weighted by atomic mass is 10.2. The van der Waals surface area contributed by atoms with Gasteiger partial charge in [-0.3, -0.25) is 28.8 Å². The zero-order chi connectivity index (χ0) is 21.8. The number of nitro benzene ring substituents is 1. The van der Waals surface area contributed by atoms with Crippen LogP contribution in [0.5, 0.6) is 0 Å². The van der Waals surface area contributed by atoms with E-state index >= 15 is 0 Å². The summed E-state index contributed by atoms with van der Waals surface area (Å²) in [5, 5.41) is 14.7. The van der Waals surface area contributed by atoms with E-state index in [4.69, 9.17) is 0 Å². The number of nitrogens with zero attached hydrogens (tertiary/aromatic N) is 6. The molecule has 0 bridgehead atoms. The van der Waals surface area contributed by atoms with Gasteiger partial charge >= 0.3 is 5.69 Å². The van der Waals surface area contributed by atoms with Crippen molar-refractivity contribution in [2.24, 2.45) is 19.2 Å². The smallest absolute Gasteiger partial charge is 0.315 e. The summed E-state index contributed by atoms with van der Waals surface area (Å²) in [4.78, 5) is 50.9. The number of benzene rings is 1. The van der Waals surface area contributed by atoms with Crippen LogP contribution in [0.3, 0.4) is 0 Å². The van der Waals surface area contributed by atoms with E-state index in [1.807, 2.05) is 0 Å². The fourth-order valence-electron chi connectivity index (χ4n) is 2.80. The number of nitrogens with one attached hydrogen (secondary N) is 1. The van der Waals surface area contributed by atoms with Gasteiger partial charge in [0.05, 0.1) is 16.8 Å². The highest BCUT2D eigenvalue weighted by Crippen LogP contribution is 2.18. The number of nitro groups is 1. The Morgan fingerprint density at radius 1 is 1.27 bits per heavy atom. The summed E-state index contributed by atoms with van der Waals surface area (Å²) < 4.78 is 3.48. The van der Waals surface area contributed by atoms with Gasteiger partial charge in [-0.2, -0.15) is 5.10 Å². The SMILES string of the molecule is Cn1c(=O)c2c(ncn2CC(=O)NN=C/C=C\c2ccccc2[N+](=O)[O-])n(C)c1=O. The number of hydrazone groups is 1. The number of rotatable bonds is 6. The topological polar surface area (TPSA) is 146 Å². The number of carbonyl (C=O) groups excluding carboxylic acids is 1. The van der Waals surface area contributed by atoms with Gasteiger partial charge in [-0.25, -0.2) is 15.2 Å². The first-order valence-corrected chi connectivity index (χ1v) is 8.64. The summed E-state index contributed by atoms with van der Waals surface area (Å²) in [6.45, 7) is -0.241. The second-order valence-corrected chi connectivity index (χ2v) is 6.24. The van der Waals surface area contributed by atoms with E-state index < -0.39 is 22.1 Å². The van der Waals surface area contributed by atoms with Gasteiger partial charge in [-0.15, -0.1) is 0 Å². The van der Waals surface area contributed by atoms with E-state index in [0.29, 0.717) is 5.56 Å². The zero-order valence-corrected chi connectivity index (χ0v) is 16.1. The molecule has 0 atom stereocenters. The number of hydrogen-bond acceptors (Lipinski definition) is 7. The van der Waals surface area contributed by atoms with Gasteiger partial charge in [0.2, 0.25) is 0 Å². The van der Waals surface area contributed by atoms with Crippen LogP contribution in [0, 0.1) is 10.1 Å². The van der Waals surface area contributed by atoms with Gasteiger partial charge in [0.1, 0.15) is 6.54 Å². The summed E-state index contributed by atoms with van der Waals surface area (Å²) >= 11 is 0. The first-order chi connectivity index (χ1) is 14.3. The highest BCUT2D eigenvalue weighted by molar-refractivity contribution is 5.83. The quantitative estimate of drug-likeness (QED) is 0.347. The fraction of sp³-hybridized carbons (Fsp3) is 0.167. The third-order valence-corrected chi connectivity index (χ3v) is 4.29. The molecule has 3 aromatic rings. The molecule has 154 valence electrons. The first kappa shape index (κ1) is 20.4. The van der Waals surface area contributed by atoms with Crippen molar-refractivity contribution < 1.29 is 9.72 Å². The van der Waals surface area contributed by atoms with Gasteiger partial charge in [-0.05, 0) is 18.2 Å². The number of allylic oxidation sites excluding steroid dienone is 1. The van der Waals surface area contributed by atoms with Crippen molar-refractivity contribution in [1.29, 1.82) is 0 Å². The molecule has 0 radical (unpaired) electrons. The molecule has 0 aliphatic heterocycles. The number of imidazole rings is 1. The molecule has 2 heterocycles. The second-order valence-electron chi connectivity index (χ2n) is 6.24. The molecule has 0 aliphatic rings. The maximum absolute atomic E-state index is 12.3. The number of amides is 1. The predicted molar refractivity (Wildman–Crippen MR) is 109 cm³/mol. The molecular weight excluding hydrogens is 394 g/mol. The summed E-state index contributed by atoms with van der Waals surface area (Å²) in [6, 6.07) is 6.20. The number of carbonyl (C=O) groups is 1. The number of hydrogen-bond donors (Lipinski definition) is 1. The van der Waals surface area contributed by atoms with Crippen LogP contribution in [0.25, 0.3) is 17.2 Å². The maximum atomic E-state index is 12.3. The van der Waals surface area contributed by atoms with Crippen LogP contribution in [-0.4, -0.2) is 35.7 Å². The summed E-state index contributed by atoms with van der Waals surface area (Å²) in [5.74, 6) is -0.527. The van der Waals surface area contributed by atoms with Crippen molar-refractivity contribution >= 4 is 35.0 Å². The molecule has 2 aromatic heterocycles. The molecule has 0 aliphatic carbocycles. The van der Waals surface area contributed by atoms with Gasteiger partial charge in [0.25, 0.3) is 17.2 Å². The molecule has 30 heavy (non-hydrogen) atoms. The molecule has 0 unspecified atom stereocenters. The lowest BCUT2D eigenvalue weighted by Crippen LogP contribution is -2.38. The molecule has 1 N–H and O–H groups in total. The summed E-state index contributed by atoms with van der Waals surface area (Å²) in [6.07, 6.45) is 5.49. The van der Waals surface area contributed by atoms with E-state index in [9.17, 15) is 24.5 Å². The highest BCUT2D eigenvalue weighted by atomic mass is 16.6. The normalized spacial score (nSPS) is 11.5. The van der Waals surface area contributed by atoms with Crippen molar-refractivity contribution in [3.8, 4) is 0 Å². The molecule has 0 saturated heterocycles. The predicted octanol–water partition coefficient (Wildman–Crippen LogP) is 0.157. The molecular formula is C18H17N7O5. The molecule has 12 nitrogen and oxygen atoms in total. The average molecular weight is 411 g/mol. The van der Waals surface area contributed by atoms with Crippen LogP contribution in [0.4, 0.5) is 5.69 Å². The second kappa shape index (κ2) is 8.34. The minimum absolute atomic E-state index is 0.0471. The van der Waals surface area contributed by atoms with Crippen molar-refractivity contribution in [3.63, 3.8) is 0 Å². The molecule has 0 fully saturated rings. The van der Waals surface area contributed by atoms with Crippen molar-refractivity contribution in [1.82, 2.24) is 24.1 Å². The Balaban J connectivity index is 1.69. The third-order valence-electron chi connectivity index (χ3n) is 4.29. The van der Waals surface area contributed by atoms with Crippen LogP contribution in [0.15, 0.2) is 51.4 Å².